The van der Waals surface area contributed by atoms with Crippen LogP contribution in [0.25, 0.3) is 0 Å². The van der Waals surface area contributed by atoms with E-state index in [2.05, 4.69) is 27.7 Å². The molecule has 0 radical (unpaired) electrons. The van der Waals surface area contributed by atoms with E-state index in [9.17, 15) is 0 Å². The van der Waals surface area contributed by atoms with Gasteiger partial charge in [0.2, 0.25) is 0 Å². The van der Waals surface area contributed by atoms with Gasteiger partial charge < -0.3 is 9.47 Å². The molecule has 0 spiro atoms. The molecule has 0 aromatic heterocycles. The second-order valence-corrected chi connectivity index (χ2v) is 5.29. The van der Waals surface area contributed by atoms with Gasteiger partial charge in [-0.25, -0.2) is 0 Å². The first kappa shape index (κ1) is 11.0. The minimum absolute atomic E-state index is 0.127. The summed E-state index contributed by atoms with van der Waals surface area (Å²) < 4.78 is 10.4. The molecule has 13 heavy (non-hydrogen) atoms. The third-order valence-corrected chi connectivity index (χ3v) is 2.18. The molecule has 0 N–H and O–H groups in total. The number of hydrogen-bond acceptors (Lipinski definition) is 2. The summed E-state index contributed by atoms with van der Waals surface area (Å²) in [6.07, 6.45) is 2.54. The van der Waals surface area contributed by atoms with Crippen molar-refractivity contribution < 1.29 is 9.47 Å². The maximum atomic E-state index is 5.42. The summed E-state index contributed by atoms with van der Waals surface area (Å²) in [5.74, 6) is 0.749. The fourth-order valence-corrected chi connectivity index (χ4v) is 1.68. The molecule has 1 rings (SSSR count). The molecule has 1 aliphatic rings. The van der Waals surface area contributed by atoms with E-state index in [0.29, 0.717) is 5.41 Å². The molecule has 0 saturated carbocycles. The Labute approximate surface area is 81.6 Å². The Bertz CT molecular complexity index is 145. The molecule has 2 unspecified atom stereocenters. The van der Waals surface area contributed by atoms with Gasteiger partial charge in [0, 0.05) is 0 Å². The lowest BCUT2D eigenvalue weighted by Crippen LogP contribution is -2.13. The van der Waals surface area contributed by atoms with Crippen LogP contribution in [0.2, 0.25) is 0 Å². The summed E-state index contributed by atoms with van der Waals surface area (Å²) in [5.41, 5.74) is 0.440. The van der Waals surface area contributed by atoms with Crippen LogP contribution in [0.3, 0.4) is 0 Å². The Morgan fingerprint density at radius 3 is 2.54 bits per heavy atom. The Morgan fingerprint density at radius 2 is 2.08 bits per heavy atom. The summed E-state index contributed by atoms with van der Waals surface area (Å²) in [6.45, 7) is 10.8. The predicted octanol–water partition coefficient (Wildman–Crippen LogP) is 2.82. The predicted molar refractivity (Wildman–Crippen MR) is 53.5 cm³/mol. The average molecular weight is 186 g/mol. The van der Waals surface area contributed by atoms with Crippen LogP contribution < -0.4 is 0 Å². The van der Waals surface area contributed by atoms with Crippen LogP contribution in [0.5, 0.6) is 0 Å². The topological polar surface area (TPSA) is 21.8 Å². The number of rotatable bonds is 5. The highest BCUT2D eigenvalue weighted by molar-refractivity contribution is 4.66. The SMILES string of the molecule is CC(CCOC1CO1)CC(C)(C)C. The van der Waals surface area contributed by atoms with E-state index in [1.165, 1.54) is 6.42 Å². The van der Waals surface area contributed by atoms with Gasteiger partial charge in [0.25, 0.3) is 0 Å². The smallest absolute Gasteiger partial charge is 0.181 e. The Balaban J connectivity index is 1.99. The quantitative estimate of drug-likeness (QED) is 0.616. The number of epoxide rings is 1. The average Bonchev–Trinajstić information content (AvgIpc) is 2.66. The minimum Gasteiger partial charge on any atom is -0.350 e. The van der Waals surface area contributed by atoms with Crippen molar-refractivity contribution in [2.75, 3.05) is 13.2 Å². The van der Waals surface area contributed by atoms with E-state index in [0.717, 1.165) is 25.6 Å². The molecule has 0 amide bonds. The van der Waals surface area contributed by atoms with Crippen molar-refractivity contribution in [1.29, 1.82) is 0 Å². The second kappa shape index (κ2) is 4.43. The molecule has 0 aromatic rings. The summed E-state index contributed by atoms with van der Waals surface area (Å²) in [5, 5.41) is 0. The summed E-state index contributed by atoms with van der Waals surface area (Å²) in [6, 6.07) is 0. The van der Waals surface area contributed by atoms with Gasteiger partial charge in [0.1, 0.15) is 6.61 Å². The summed E-state index contributed by atoms with van der Waals surface area (Å²) in [4.78, 5) is 0. The lowest BCUT2D eigenvalue weighted by molar-refractivity contribution is 0.0408. The normalized spacial score (nSPS) is 24.5. The third-order valence-electron chi connectivity index (χ3n) is 2.18. The molecule has 2 atom stereocenters. The molecule has 0 aliphatic carbocycles. The molecule has 1 aliphatic heterocycles. The fourth-order valence-electron chi connectivity index (χ4n) is 1.68. The van der Waals surface area contributed by atoms with Gasteiger partial charge in [0.05, 0.1) is 6.61 Å². The van der Waals surface area contributed by atoms with E-state index in [4.69, 9.17) is 9.47 Å². The van der Waals surface area contributed by atoms with Crippen LogP contribution in [0.1, 0.15) is 40.5 Å². The van der Waals surface area contributed by atoms with Gasteiger partial charge in [-0.15, -0.1) is 0 Å². The first-order valence-electron chi connectivity index (χ1n) is 5.20. The van der Waals surface area contributed by atoms with Crippen molar-refractivity contribution in [2.24, 2.45) is 11.3 Å². The molecule has 0 bridgehead atoms. The molecular formula is C11H22O2. The highest BCUT2D eigenvalue weighted by Gasteiger charge is 2.23. The summed E-state index contributed by atoms with van der Waals surface area (Å²) >= 11 is 0. The van der Waals surface area contributed by atoms with E-state index < -0.39 is 0 Å². The van der Waals surface area contributed by atoms with Crippen LogP contribution in [0, 0.1) is 11.3 Å². The molecular weight excluding hydrogens is 164 g/mol. The standard InChI is InChI=1S/C11H22O2/c1-9(7-11(2,3)4)5-6-12-10-8-13-10/h9-10H,5-8H2,1-4H3. The lowest BCUT2D eigenvalue weighted by atomic mass is 9.84. The molecule has 1 heterocycles. The van der Waals surface area contributed by atoms with Crippen molar-refractivity contribution in [3.63, 3.8) is 0 Å². The molecule has 78 valence electrons. The van der Waals surface area contributed by atoms with E-state index >= 15 is 0 Å². The fraction of sp³-hybridized carbons (Fsp3) is 1.00. The van der Waals surface area contributed by atoms with E-state index in [-0.39, 0.29) is 6.29 Å². The van der Waals surface area contributed by atoms with Crippen molar-refractivity contribution in [1.82, 2.24) is 0 Å². The second-order valence-electron chi connectivity index (χ2n) is 5.29. The zero-order chi connectivity index (χ0) is 9.90. The highest BCUT2D eigenvalue weighted by atomic mass is 16.8. The maximum Gasteiger partial charge on any atom is 0.181 e. The molecule has 2 nitrogen and oxygen atoms in total. The summed E-state index contributed by atoms with van der Waals surface area (Å²) in [7, 11) is 0. The molecule has 1 saturated heterocycles. The van der Waals surface area contributed by atoms with Gasteiger partial charge in [-0.1, -0.05) is 27.7 Å². The van der Waals surface area contributed by atoms with Crippen LogP contribution in [0.15, 0.2) is 0 Å². The number of hydrogen-bond donors (Lipinski definition) is 0. The van der Waals surface area contributed by atoms with Crippen LogP contribution in [-0.2, 0) is 9.47 Å². The Morgan fingerprint density at radius 1 is 1.46 bits per heavy atom. The van der Waals surface area contributed by atoms with Crippen molar-refractivity contribution >= 4 is 0 Å². The Hall–Kier alpha value is -0.0800. The van der Waals surface area contributed by atoms with Crippen molar-refractivity contribution in [3.8, 4) is 0 Å². The van der Waals surface area contributed by atoms with Gasteiger partial charge in [-0.05, 0) is 24.2 Å². The molecule has 0 aromatic carbocycles. The van der Waals surface area contributed by atoms with Gasteiger partial charge in [-0.2, -0.15) is 0 Å². The van der Waals surface area contributed by atoms with Gasteiger partial charge in [0.15, 0.2) is 6.29 Å². The van der Waals surface area contributed by atoms with Gasteiger partial charge in [-0.3, -0.25) is 0 Å². The van der Waals surface area contributed by atoms with E-state index in [1.807, 2.05) is 0 Å². The number of ether oxygens (including phenoxy) is 2. The van der Waals surface area contributed by atoms with E-state index in [1.54, 1.807) is 0 Å². The lowest BCUT2D eigenvalue weighted by Gasteiger charge is -2.22. The van der Waals surface area contributed by atoms with Crippen molar-refractivity contribution in [3.05, 3.63) is 0 Å². The van der Waals surface area contributed by atoms with Crippen LogP contribution >= 0.6 is 0 Å². The van der Waals surface area contributed by atoms with Gasteiger partial charge >= 0.3 is 0 Å². The zero-order valence-corrected chi connectivity index (χ0v) is 9.30. The monoisotopic (exact) mass is 186 g/mol. The Kier molecular flexibility index (Phi) is 3.74. The molecule has 1 fully saturated rings. The first-order chi connectivity index (χ1) is 5.97. The largest absolute Gasteiger partial charge is 0.350 e. The van der Waals surface area contributed by atoms with Crippen LogP contribution in [0.4, 0.5) is 0 Å². The van der Waals surface area contributed by atoms with Crippen LogP contribution in [-0.4, -0.2) is 19.5 Å². The molecule has 2 heteroatoms. The maximum absolute atomic E-state index is 5.42. The highest BCUT2D eigenvalue weighted by Crippen LogP contribution is 2.26. The zero-order valence-electron chi connectivity index (χ0n) is 9.30. The third kappa shape index (κ3) is 6.05. The van der Waals surface area contributed by atoms with Crippen molar-refractivity contribution in [2.45, 2.75) is 46.8 Å². The minimum atomic E-state index is 0.127. The first-order valence-corrected chi connectivity index (χ1v) is 5.20.